The summed E-state index contributed by atoms with van der Waals surface area (Å²) in [5.74, 6) is 0.400. The zero-order chi connectivity index (χ0) is 21.7. The van der Waals surface area contributed by atoms with Crippen LogP contribution in [0.25, 0.3) is 15.4 Å². The second-order valence-corrected chi connectivity index (χ2v) is 9.70. The molecule has 5 rings (SSSR count). The van der Waals surface area contributed by atoms with E-state index in [0.717, 1.165) is 38.8 Å². The Bertz CT molecular complexity index is 1310. The van der Waals surface area contributed by atoms with E-state index in [4.69, 9.17) is 4.99 Å². The fraction of sp³-hybridized carbons (Fsp3) is 0.217. The van der Waals surface area contributed by atoms with Gasteiger partial charge in [-0.3, -0.25) is 14.4 Å². The van der Waals surface area contributed by atoms with Crippen molar-refractivity contribution in [1.29, 1.82) is 0 Å². The third-order valence-corrected chi connectivity index (χ3v) is 7.68. The molecule has 8 heteroatoms. The zero-order valence-corrected chi connectivity index (χ0v) is 18.9. The van der Waals surface area contributed by atoms with E-state index < -0.39 is 12.0 Å². The van der Waals surface area contributed by atoms with E-state index in [1.807, 2.05) is 17.6 Å². The standard InChI is InChI=1S/C23H20N4O2S2/c1-12-13(2)31-23-20(12)21(16-8-6-15(7-9-16)18-5-4-10-30-18)24-17(11-19(28)29)22-26-25-14(3)27(22)23/h4-10,17H,11H2,1-3H3,(H,28,29)/t17-/m0/s1. The Morgan fingerprint density at radius 1 is 1.10 bits per heavy atom. The van der Waals surface area contributed by atoms with Crippen molar-refractivity contribution in [2.45, 2.75) is 33.2 Å². The van der Waals surface area contributed by atoms with Crippen molar-refractivity contribution in [2.75, 3.05) is 0 Å². The van der Waals surface area contributed by atoms with Crippen LogP contribution in [0.5, 0.6) is 0 Å². The highest BCUT2D eigenvalue weighted by molar-refractivity contribution is 7.15. The lowest BCUT2D eigenvalue weighted by Gasteiger charge is -2.11. The summed E-state index contributed by atoms with van der Waals surface area (Å²) < 4.78 is 1.98. The molecule has 31 heavy (non-hydrogen) atoms. The number of aryl methyl sites for hydroxylation is 2. The van der Waals surface area contributed by atoms with Crippen molar-refractivity contribution in [2.24, 2.45) is 4.99 Å². The third-order valence-electron chi connectivity index (χ3n) is 5.57. The number of fused-ring (bicyclic) bond motifs is 3. The number of carboxylic acids is 1. The van der Waals surface area contributed by atoms with Gasteiger partial charge in [-0.15, -0.1) is 32.9 Å². The SMILES string of the molecule is Cc1sc2c(c1C)C(c1ccc(-c3cccs3)cc1)=N[C@@H](CC(=O)O)c1nnc(C)n1-2. The van der Waals surface area contributed by atoms with Crippen LogP contribution in [-0.2, 0) is 4.79 Å². The molecule has 0 saturated heterocycles. The number of aliphatic carboxylic acids is 1. The lowest BCUT2D eigenvalue weighted by atomic mass is 9.98. The summed E-state index contributed by atoms with van der Waals surface area (Å²) in [7, 11) is 0. The van der Waals surface area contributed by atoms with Crippen molar-refractivity contribution in [1.82, 2.24) is 14.8 Å². The molecule has 0 saturated carbocycles. The fourth-order valence-corrected chi connectivity index (χ4v) is 5.87. The summed E-state index contributed by atoms with van der Waals surface area (Å²) in [5.41, 5.74) is 5.11. The summed E-state index contributed by atoms with van der Waals surface area (Å²) in [4.78, 5) is 19.0. The second kappa shape index (κ2) is 7.55. The predicted octanol–water partition coefficient (Wildman–Crippen LogP) is 5.35. The normalized spacial score (nSPS) is 15.2. The monoisotopic (exact) mass is 448 g/mol. The Kier molecular flexibility index (Phi) is 4.83. The molecule has 1 N–H and O–H groups in total. The molecule has 0 aliphatic carbocycles. The smallest absolute Gasteiger partial charge is 0.306 e. The van der Waals surface area contributed by atoms with Gasteiger partial charge in [0, 0.05) is 20.9 Å². The Labute approximate surface area is 187 Å². The van der Waals surface area contributed by atoms with Gasteiger partial charge < -0.3 is 5.11 Å². The van der Waals surface area contributed by atoms with E-state index >= 15 is 0 Å². The molecule has 0 amide bonds. The molecule has 4 heterocycles. The topological polar surface area (TPSA) is 80.4 Å². The maximum atomic E-state index is 11.6. The van der Waals surface area contributed by atoms with Crippen LogP contribution in [0.4, 0.5) is 0 Å². The number of nitrogens with zero attached hydrogens (tertiary/aromatic N) is 4. The van der Waals surface area contributed by atoms with Gasteiger partial charge in [-0.1, -0.05) is 30.3 Å². The van der Waals surface area contributed by atoms with Crippen molar-refractivity contribution in [3.05, 3.63) is 75.0 Å². The molecule has 1 aliphatic heterocycles. The van der Waals surface area contributed by atoms with Gasteiger partial charge in [0.2, 0.25) is 0 Å². The van der Waals surface area contributed by atoms with Gasteiger partial charge in [0.25, 0.3) is 0 Å². The highest BCUT2D eigenvalue weighted by Crippen LogP contribution is 2.39. The minimum atomic E-state index is -0.911. The highest BCUT2D eigenvalue weighted by atomic mass is 32.1. The highest BCUT2D eigenvalue weighted by Gasteiger charge is 2.32. The minimum Gasteiger partial charge on any atom is -0.481 e. The molecule has 6 nitrogen and oxygen atoms in total. The van der Waals surface area contributed by atoms with E-state index in [-0.39, 0.29) is 6.42 Å². The van der Waals surface area contributed by atoms with Gasteiger partial charge in [-0.05, 0) is 43.3 Å². The van der Waals surface area contributed by atoms with Crippen molar-refractivity contribution >= 4 is 34.4 Å². The first-order chi connectivity index (χ1) is 14.9. The summed E-state index contributed by atoms with van der Waals surface area (Å²) >= 11 is 3.37. The molecule has 1 aromatic carbocycles. The van der Waals surface area contributed by atoms with E-state index in [1.165, 1.54) is 9.75 Å². The molecule has 0 fully saturated rings. The second-order valence-electron chi connectivity index (χ2n) is 7.55. The summed E-state index contributed by atoms with van der Waals surface area (Å²) in [6.07, 6.45) is -0.137. The predicted molar refractivity (Wildman–Crippen MR) is 124 cm³/mol. The third kappa shape index (κ3) is 3.32. The number of rotatable bonds is 4. The van der Waals surface area contributed by atoms with Crippen molar-refractivity contribution < 1.29 is 9.90 Å². The molecule has 3 aromatic heterocycles. The van der Waals surface area contributed by atoms with Crippen LogP contribution < -0.4 is 0 Å². The average Bonchev–Trinajstić information content (AvgIpc) is 3.44. The van der Waals surface area contributed by atoms with Crippen LogP contribution in [0, 0.1) is 20.8 Å². The van der Waals surface area contributed by atoms with Crippen LogP contribution in [0.2, 0.25) is 0 Å². The van der Waals surface area contributed by atoms with Crippen molar-refractivity contribution in [3.8, 4) is 15.4 Å². The Balaban J connectivity index is 1.72. The lowest BCUT2D eigenvalue weighted by molar-refractivity contribution is -0.137. The quantitative estimate of drug-likeness (QED) is 0.456. The summed E-state index contributed by atoms with van der Waals surface area (Å²) in [6.45, 7) is 6.08. The van der Waals surface area contributed by atoms with Gasteiger partial charge in [0.15, 0.2) is 5.82 Å². The maximum Gasteiger partial charge on any atom is 0.306 e. The molecule has 0 bridgehead atoms. The Morgan fingerprint density at radius 2 is 1.84 bits per heavy atom. The number of hydrogen-bond donors (Lipinski definition) is 1. The maximum absolute atomic E-state index is 11.6. The number of carbonyl (C=O) groups is 1. The average molecular weight is 449 g/mol. The molecule has 1 aliphatic rings. The molecule has 156 valence electrons. The van der Waals surface area contributed by atoms with Gasteiger partial charge in [-0.25, -0.2) is 0 Å². The van der Waals surface area contributed by atoms with Gasteiger partial charge >= 0.3 is 5.97 Å². The molecule has 0 unspecified atom stereocenters. The number of thiophene rings is 2. The fourth-order valence-electron chi connectivity index (χ4n) is 3.93. The van der Waals surface area contributed by atoms with Gasteiger partial charge in [0.05, 0.1) is 12.1 Å². The first-order valence-electron chi connectivity index (χ1n) is 9.90. The van der Waals surface area contributed by atoms with E-state index in [0.29, 0.717) is 5.82 Å². The molecular formula is C23H20N4O2S2. The Morgan fingerprint density at radius 3 is 2.52 bits per heavy atom. The van der Waals surface area contributed by atoms with Crippen LogP contribution in [-0.4, -0.2) is 31.6 Å². The van der Waals surface area contributed by atoms with Gasteiger partial charge in [0.1, 0.15) is 16.9 Å². The van der Waals surface area contributed by atoms with E-state index in [2.05, 4.69) is 59.8 Å². The summed E-state index contributed by atoms with van der Waals surface area (Å²) in [6, 6.07) is 11.9. The molecular weight excluding hydrogens is 428 g/mol. The van der Waals surface area contributed by atoms with Crippen LogP contribution >= 0.6 is 22.7 Å². The number of hydrogen-bond acceptors (Lipinski definition) is 6. The van der Waals surface area contributed by atoms with Gasteiger partial charge in [-0.2, -0.15) is 0 Å². The number of benzene rings is 1. The lowest BCUT2D eigenvalue weighted by Crippen LogP contribution is -2.10. The number of aromatic nitrogens is 3. The molecule has 0 spiro atoms. The van der Waals surface area contributed by atoms with Crippen molar-refractivity contribution in [3.63, 3.8) is 0 Å². The van der Waals surface area contributed by atoms with E-state index in [9.17, 15) is 9.90 Å². The molecule has 4 aromatic rings. The van der Waals surface area contributed by atoms with Crippen LogP contribution in [0.1, 0.15) is 45.7 Å². The largest absolute Gasteiger partial charge is 0.481 e. The molecule has 0 radical (unpaired) electrons. The Hall–Kier alpha value is -3.10. The molecule has 1 atom stereocenters. The zero-order valence-electron chi connectivity index (χ0n) is 17.3. The summed E-state index contributed by atoms with van der Waals surface area (Å²) in [5, 5.41) is 21.1. The number of carboxylic acid groups (broad SMARTS) is 1. The van der Waals surface area contributed by atoms with E-state index in [1.54, 1.807) is 22.7 Å². The van der Waals surface area contributed by atoms with Crippen LogP contribution in [0.15, 0.2) is 46.8 Å². The van der Waals surface area contributed by atoms with Crippen LogP contribution in [0.3, 0.4) is 0 Å². The first-order valence-corrected chi connectivity index (χ1v) is 11.6. The first kappa shape index (κ1) is 19.8. The number of aliphatic imine (C=N–C) groups is 1. The minimum absolute atomic E-state index is 0.137.